The van der Waals surface area contributed by atoms with E-state index in [2.05, 4.69) is 20.5 Å². The molecule has 0 spiro atoms. The molecule has 1 N–H and O–H groups in total. The Morgan fingerprint density at radius 2 is 1.96 bits per heavy atom. The number of nitrogens with one attached hydrogen (secondary N) is 1. The van der Waals surface area contributed by atoms with Gasteiger partial charge in [0, 0.05) is 24.1 Å². The van der Waals surface area contributed by atoms with Gasteiger partial charge in [0.1, 0.15) is 0 Å². The lowest BCUT2D eigenvalue weighted by Gasteiger charge is -2.39. The van der Waals surface area contributed by atoms with Crippen LogP contribution in [-0.4, -0.2) is 21.1 Å². The van der Waals surface area contributed by atoms with Gasteiger partial charge in [-0.05, 0) is 42.7 Å². The summed E-state index contributed by atoms with van der Waals surface area (Å²) in [6.45, 7) is 0.411. The van der Waals surface area contributed by atoms with Gasteiger partial charge < -0.3 is 9.73 Å². The highest BCUT2D eigenvalue weighted by atomic mass is 35.5. The van der Waals surface area contributed by atoms with Crippen LogP contribution in [0.1, 0.15) is 48.7 Å². The van der Waals surface area contributed by atoms with E-state index in [4.69, 9.17) is 16.0 Å². The summed E-state index contributed by atoms with van der Waals surface area (Å²) in [5.41, 5.74) is 1.74. The van der Waals surface area contributed by atoms with Crippen molar-refractivity contribution in [2.75, 3.05) is 0 Å². The summed E-state index contributed by atoms with van der Waals surface area (Å²) in [5, 5.41) is 12.0. The zero-order chi connectivity index (χ0) is 19.4. The van der Waals surface area contributed by atoms with Crippen molar-refractivity contribution in [3.8, 4) is 0 Å². The number of carbonyl (C=O) groups is 1. The van der Waals surface area contributed by atoms with Crippen LogP contribution in [0.3, 0.4) is 0 Å². The second-order valence-corrected chi connectivity index (χ2v) is 7.48. The average molecular weight is 397 g/mol. The maximum Gasteiger partial charge on any atom is 0.227 e. The third-order valence-electron chi connectivity index (χ3n) is 5.24. The predicted molar refractivity (Wildman–Crippen MR) is 105 cm³/mol. The van der Waals surface area contributed by atoms with Crippen LogP contribution in [-0.2, 0) is 23.2 Å². The molecule has 0 atom stereocenters. The van der Waals surface area contributed by atoms with Gasteiger partial charge in [0.25, 0.3) is 0 Å². The van der Waals surface area contributed by atoms with E-state index in [9.17, 15) is 4.79 Å². The van der Waals surface area contributed by atoms with Crippen molar-refractivity contribution in [1.29, 1.82) is 0 Å². The van der Waals surface area contributed by atoms with Gasteiger partial charge in [0.15, 0.2) is 0 Å². The van der Waals surface area contributed by atoms with E-state index in [0.29, 0.717) is 36.2 Å². The van der Waals surface area contributed by atoms with Crippen molar-refractivity contribution in [3.63, 3.8) is 0 Å². The van der Waals surface area contributed by atoms with Crippen LogP contribution in [0, 0.1) is 0 Å². The first kappa shape index (κ1) is 18.6. The predicted octanol–water partition coefficient (Wildman–Crippen LogP) is 3.84. The van der Waals surface area contributed by atoms with E-state index in [1.54, 1.807) is 6.20 Å². The van der Waals surface area contributed by atoms with Crippen molar-refractivity contribution in [3.05, 3.63) is 76.7 Å². The molecule has 1 aromatic carbocycles. The van der Waals surface area contributed by atoms with Crippen LogP contribution in [0.4, 0.5) is 0 Å². The lowest BCUT2D eigenvalue weighted by atomic mass is 9.64. The first-order valence-corrected chi connectivity index (χ1v) is 9.79. The molecule has 7 heteroatoms. The average Bonchev–Trinajstić information content (AvgIpc) is 3.15. The molecule has 0 radical (unpaired) electrons. The number of aryl methyl sites for hydroxylation is 1. The van der Waals surface area contributed by atoms with Gasteiger partial charge in [0.2, 0.25) is 17.7 Å². The van der Waals surface area contributed by atoms with E-state index in [1.807, 2.05) is 42.5 Å². The molecule has 1 aliphatic carbocycles. The monoisotopic (exact) mass is 396 g/mol. The Bertz CT molecular complexity index is 937. The lowest BCUT2D eigenvalue weighted by molar-refractivity contribution is -0.121. The molecule has 1 amide bonds. The van der Waals surface area contributed by atoms with Gasteiger partial charge in [-0.2, -0.15) is 0 Å². The van der Waals surface area contributed by atoms with Crippen molar-refractivity contribution >= 4 is 17.5 Å². The smallest absolute Gasteiger partial charge is 0.227 e. The van der Waals surface area contributed by atoms with Crippen LogP contribution in [0.15, 0.2) is 53.1 Å². The third kappa shape index (κ3) is 3.92. The zero-order valence-electron chi connectivity index (χ0n) is 15.4. The van der Waals surface area contributed by atoms with Gasteiger partial charge in [-0.1, -0.05) is 36.2 Å². The summed E-state index contributed by atoms with van der Waals surface area (Å²) < 4.78 is 5.94. The topological polar surface area (TPSA) is 80.9 Å². The van der Waals surface area contributed by atoms with Crippen LogP contribution < -0.4 is 5.32 Å². The van der Waals surface area contributed by atoms with Crippen LogP contribution in [0.25, 0.3) is 0 Å². The van der Waals surface area contributed by atoms with Gasteiger partial charge in [-0.3, -0.25) is 9.78 Å². The van der Waals surface area contributed by atoms with E-state index >= 15 is 0 Å². The van der Waals surface area contributed by atoms with E-state index < -0.39 is 0 Å². The molecule has 0 bridgehead atoms. The molecule has 0 aliphatic heterocycles. The summed E-state index contributed by atoms with van der Waals surface area (Å²) in [7, 11) is 0. The van der Waals surface area contributed by atoms with Gasteiger partial charge in [-0.15, -0.1) is 10.2 Å². The van der Waals surface area contributed by atoms with Crippen LogP contribution in [0.5, 0.6) is 0 Å². The summed E-state index contributed by atoms with van der Waals surface area (Å²) in [6, 6.07) is 13.4. The maximum atomic E-state index is 12.1. The molecular weight excluding hydrogens is 376 g/mol. The molecule has 4 rings (SSSR count). The van der Waals surface area contributed by atoms with Crippen molar-refractivity contribution in [1.82, 2.24) is 20.5 Å². The largest absolute Gasteiger partial charge is 0.424 e. The van der Waals surface area contributed by atoms with E-state index in [0.717, 1.165) is 30.5 Å². The normalized spacial score (nSPS) is 15.0. The first-order valence-electron chi connectivity index (χ1n) is 9.41. The fourth-order valence-corrected chi connectivity index (χ4v) is 3.60. The van der Waals surface area contributed by atoms with Gasteiger partial charge in [0.05, 0.1) is 17.7 Å². The minimum atomic E-state index is -0.225. The second-order valence-electron chi connectivity index (χ2n) is 7.04. The highest BCUT2D eigenvalue weighted by Crippen LogP contribution is 2.48. The van der Waals surface area contributed by atoms with Crippen molar-refractivity contribution in [2.45, 2.75) is 44.1 Å². The van der Waals surface area contributed by atoms with Crippen molar-refractivity contribution in [2.24, 2.45) is 0 Å². The molecule has 0 saturated heterocycles. The SMILES string of the molecule is O=C(CCc1nnc(C2(c3ccc(Cl)cc3)CCC2)o1)NCc1ccccn1. The molecule has 144 valence electrons. The first-order chi connectivity index (χ1) is 13.7. The second kappa shape index (κ2) is 8.10. The fraction of sp³-hybridized carbons (Fsp3) is 0.333. The Kier molecular flexibility index (Phi) is 5.39. The molecule has 6 nitrogen and oxygen atoms in total. The molecule has 3 aromatic rings. The Morgan fingerprint density at radius 1 is 1.14 bits per heavy atom. The standard InChI is InChI=1S/C21H21ClN4O2/c22-16-7-5-15(6-8-16)21(11-3-12-21)20-26-25-19(28-20)10-9-18(27)24-14-17-4-1-2-13-23-17/h1-2,4-8,13H,3,9-12,14H2,(H,24,27). The molecule has 2 heterocycles. The van der Waals surface area contributed by atoms with Crippen LogP contribution in [0.2, 0.25) is 5.02 Å². The van der Waals surface area contributed by atoms with Gasteiger partial charge >= 0.3 is 0 Å². The van der Waals surface area contributed by atoms with Crippen molar-refractivity contribution < 1.29 is 9.21 Å². The quantitative estimate of drug-likeness (QED) is 0.656. The number of aromatic nitrogens is 3. The number of hydrogen-bond donors (Lipinski definition) is 1. The molecule has 0 unspecified atom stereocenters. The number of nitrogens with zero attached hydrogens (tertiary/aromatic N) is 3. The van der Waals surface area contributed by atoms with E-state index in [1.165, 1.54) is 0 Å². The Balaban J connectivity index is 1.36. The van der Waals surface area contributed by atoms with E-state index in [-0.39, 0.29) is 11.3 Å². The minimum Gasteiger partial charge on any atom is -0.424 e. The third-order valence-corrected chi connectivity index (χ3v) is 5.49. The number of benzene rings is 1. The molecule has 1 saturated carbocycles. The Morgan fingerprint density at radius 3 is 2.64 bits per heavy atom. The van der Waals surface area contributed by atoms with Crippen LogP contribution >= 0.6 is 11.6 Å². The number of halogens is 1. The number of hydrogen-bond acceptors (Lipinski definition) is 5. The number of rotatable bonds is 7. The maximum absolute atomic E-state index is 12.1. The zero-order valence-corrected chi connectivity index (χ0v) is 16.2. The summed E-state index contributed by atoms with van der Waals surface area (Å²) in [5.74, 6) is 1.05. The minimum absolute atomic E-state index is 0.0681. The number of amides is 1. The highest BCUT2D eigenvalue weighted by Gasteiger charge is 2.45. The highest BCUT2D eigenvalue weighted by molar-refractivity contribution is 6.30. The Hall–Kier alpha value is -2.73. The molecular formula is C21H21ClN4O2. The summed E-state index contributed by atoms with van der Waals surface area (Å²) >= 11 is 6.02. The molecule has 28 heavy (non-hydrogen) atoms. The molecule has 1 aliphatic rings. The number of carbonyl (C=O) groups excluding carboxylic acids is 1. The summed E-state index contributed by atoms with van der Waals surface area (Å²) in [4.78, 5) is 16.3. The van der Waals surface area contributed by atoms with Gasteiger partial charge in [-0.25, -0.2) is 0 Å². The fourth-order valence-electron chi connectivity index (χ4n) is 3.47. The Labute approximate surface area is 168 Å². The lowest BCUT2D eigenvalue weighted by Crippen LogP contribution is -2.35. The molecule has 2 aromatic heterocycles. The summed E-state index contributed by atoms with van der Waals surface area (Å²) in [6.07, 6.45) is 5.48. The molecule has 1 fully saturated rings. The number of pyridine rings is 1.